The van der Waals surface area contributed by atoms with Crippen molar-refractivity contribution >= 4 is 17.4 Å². The highest BCUT2D eigenvalue weighted by atomic mass is 16.1. The lowest BCUT2D eigenvalue weighted by atomic mass is 10.3. The Morgan fingerprint density at radius 1 is 1.47 bits per heavy atom. The highest BCUT2D eigenvalue weighted by molar-refractivity contribution is 6.01. The van der Waals surface area contributed by atoms with Crippen LogP contribution in [0.25, 0.3) is 0 Å². The van der Waals surface area contributed by atoms with Crippen LogP contribution >= 0.6 is 0 Å². The average Bonchev–Trinajstić information content (AvgIpc) is 2.83. The molecule has 4 heteroatoms. The molecule has 2 heterocycles. The summed E-state index contributed by atoms with van der Waals surface area (Å²) in [5.41, 5.74) is 0.789. The Labute approximate surface area is 101 Å². The second-order valence-corrected chi connectivity index (χ2v) is 4.06. The molecule has 0 unspecified atom stereocenters. The van der Waals surface area contributed by atoms with E-state index >= 15 is 0 Å². The summed E-state index contributed by atoms with van der Waals surface area (Å²) in [6.07, 6.45) is 7.39. The third-order valence-electron chi connectivity index (χ3n) is 2.77. The largest absolute Gasteiger partial charge is 0.355 e. The second kappa shape index (κ2) is 5.48. The Morgan fingerprint density at radius 3 is 2.94 bits per heavy atom. The van der Waals surface area contributed by atoms with Gasteiger partial charge in [-0.25, -0.2) is 4.98 Å². The van der Waals surface area contributed by atoms with Gasteiger partial charge in [0.1, 0.15) is 0 Å². The fourth-order valence-electron chi connectivity index (χ4n) is 2.00. The van der Waals surface area contributed by atoms with Gasteiger partial charge >= 0.3 is 0 Å². The zero-order chi connectivity index (χ0) is 12.1. The minimum absolute atomic E-state index is 0.110. The molecule has 1 N–H and O–H groups in total. The first-order chi connectivity index (χ1) is 8.31. The summed E-state index contributed by atoms with van der Waals surface area (Å²) in [5.74, 6) is 0.767. The van der Waals surface area contributed by atoms with Crippen LogP contribution in [0, 0.1) is 0 Å². The van der Waals surface area contributed by atoms with Gasteiger partial charge in [-0.05, 0) is 38.0 Å². The summed E-state index contributed by atoms with van der Waals surface area (Å²) in [5, 5.41) is 2.86. The first kappa shape index (κ1) is 11.6. The van der Waals surface area contributed by atoms with E-state index in [-0.39, 0.29) is 5.91 Å². The van der Waals surface area contributed by atoms with Gasteiger partial charge in [0, 0.05) is 19.3 Å². The molecule has 0 aliphatic carbocycles. The standard InChI is InChI=1S/C13H17N3O/c1-2-6-12(17)15-11-7-5-8-14-13(11)16-9-3-4-10-16/h2,5-8H,3-4,9-10H2,1H3,(H,15,17). The highest BCUT2D eigenvalue weighted by Gasteiger charge is 2.17. The van der Waals surface area contributed by atoms with Crippen molar-refractivity contribution in [2.75, 3.05) is 23.3 Å². The molecule has 1 aromatic heterocycles. The normalized spacial score (nSPS) is 15.5. The van der Waals surface area contributed by atoms with Gasteiger partial charge in [-0.3, -0.25) is 4.79 Å². The average molecular weight is 231 g/mol. The Kier molecular flexibility index (Phi) is 3.75. The number of nitrogens with one attached hydrogen (secondary N) is 1. The van der Waals surface area contributed by atoms with E-state index in [2.05, 4.69) is 15.2 Å². The van der Waals surface area contributed by atoms with Crippen LogP contribution in [0.2, 0.25) is 0 Å². The number of carbonyl (C=O) groups excluding carboxylic acids is 1. The number of allylic oxidation sites excluding steroid dienone is 1. The summed E-state index contributed by atoms with van der Waals surface area (Å²) in [6.45, 7) is 3.86. The Bertz CT molecular complexity index is 422. The quantitative estimate of drug-likeness (QED) is 0.811. The fraction of sp³-hybridized carbons (Fsp3) is 0.385. The third kappa shape index (κ3) is 2.84. The second-order valence-electron chi connectivity index (χ2n) is 4.06. The maximum atomic E-state index is 11.5. The number of aromatic nitrogens is 1. The van der Waals surface area contributed by atoms with Crippen LogP contribution < -0.4 is 10.2 Å². The molecular weight excluding hydrogens is 214 g/mol. The van der Waals surface area contributed by atoms with Crippen LogP contribution in [0.4, 0.5) is 11.5 Å². The van der Waals surface area contributed by atoms with Crippen LogP contribution in [-0.2, 0) is 4.79 Å². The lowest BCUT2D eigenvalue weighted by Gasteiger charge is -2.19. The SMILES string of the molecule is CC=CC(=O)Nc1cccnc1N1CCCC1. The van der Waals surface area contributed by atoms with Crippen LogP contribution in [-0.4, -0.2) is 24.0 Å². The van der Waals surface area contributed by atoms with E-state index in [0.717, 1.165) is 24.6 Å². The third-order valence-corrected chi connectivity index (χ3v) is 2.77. The number of rotatable bonds is 3. The van der Waals surface area contributed by atoms with Crippen LogP contribution in [0.15, 0.2) is 30.5 Å². The summed E-state index contributed by atoms with van der Waals surface area (Å²) >= 11 is 0. The number of nitrogens with zero attached hydrogens (tertiary/aromatic N) is 2. The first-order valence-electron chi connectivity index (χ1n) is 5.95. The van der Waals surface area contributed by atoms with E-state index < -0.39 is 0 Å². The van der Waals surface area contributed by atoms with E-state index in [4.69, 9.17) is 0 Å². The number of pyridine rings is 1. The van der Waals surface area contributed by atoms with E-state index in [9.17, 15) is 4.79 Å². The van der Waals surface area contributed by atoms with Crippen LogP contribution in [0.1, 0.15) is 19.8 Å². The molecule has 4 nitrogen and oxygen atoms in total. The molecular formula is C13H17N3O. The smallest absolute Gasteiger partial charge is 0.248 e. The lowest BCUT2D eigenvalue weighted by molar-refractivity contribution is -0.111. The van der Waals surface area contributed by atoms with E-state index in [0.29, 0.717) is 0 Å². The minimum atomic E-state index is -0.110. The molecule has 0 spiro atoms. The minimum Gasteiger partial charge on any atom is -0.355 e. The van der Waals surface area contributed by atoms with Gasteiger partial charge in [0.15, 0.2) is 5.82 Å². The maximum Gasteiger partial charge on any atom is 0.248 e. The summed E-state index contributed by atoms with van der Waals surface area (Å²) in [7, 11) is 0. The van der Waals surface area contributed by atoms with Crippen molar-refractivity contribution in [3.8, 4) is 0 Å². The predicted molar refractivity (Wildman–Crippen MR) is 69.1 cm³/mol. The molecule has 90 valence electrons. The zero-order valence-electron chi connectivity index (χ0n) is 10.0. The highest BCUT2D eigenvalue weighted by Crippen LogP contribution is 2.25. The van der Waals surface area contributed by atoms with Crippen molar-refractivity contribution in [1.82, 2.24) is 4.98 Å². The summed E-state index contributed by atoms with van der Waals surface area (Å²) < 4.78 is 0. The van der Waals surface area contributed by atoms with Crippen molar-refractivity contribution < 1.29 is 4.79 Å². The first-order valence-corrected chi connectivity index (χ1v) is 5.95. The van der Waals surface area contributed by atoms with Crippen molar-refractivity contribution in [3.05, 3.63) is 30.5 Å². The van der Waals surface area contributed by atoms with Crippen molar-refractivity contribution in [3.63, 3.8) is 0 Å². The molecule has 1 aliphatic heterocycles. The molecule has 0 aromatic carbocycles. The molecule has 17 heavy (non-hydrogen) atoms. The molecule has 0 saturated carbocycles. The molecule has 0 atom stereocenters. The number of carbonyl (C=O) groups is 1. The van der Waals surface area contributed by atoms with E-state index in [1.54, 1.807) is 12.3 Å². The van der Waals surface area contributed by atoms with Crippen molar-refractivity contribution in [2.45, 2.75) is 19.8 Å². The Morgan fingerprint density at radius 2 is 2.24 bits per heavy atom. The summed E-state index contributed by atoms with van der Waals surface area (Å²) in [6, 6.07) is 3.73. The van der Waals surface area contributed by atoms with Gasteiger partial charge in [0.2, 0.25) is 5.91 Å². The number of hydrogen-bond acceptors (Lipinski definition) is 3. The topological polar surface area (TPSA) is 45.2 Å². The Balaban J connectivity index is 2.18. The number of anilines is 2. The molecule has 1 fully saturated rings. The number of hydrogen-bond donors (Lipinski definition) is 1. The van der Waals surface area contributed by atoms with Gasteiger partial charge in [0.05, 0.1) is 5.69 Å². The summed E-state index contributed by atoms with van der Waals surface area (Å²) in [4.78, 5) is 18.1. The van der Waals surface area contributed by atoms with Crippen LogP contribution in [0.5, 0.6) is 0 Å². The molecule has 1 saturated heterocycles. The van der Waals surface area contributed by atoms with Gasteiger partial charge in [-0.2, -0.15) is 0 Å². The van der Waals surface area contributed by atoms with Crippen molar-refractivity contribution in [2.24, 2.45) is 0 Å². The van der Waals surface area contributed by atoms with Crippen molar-refractivity contribution in [1.29, 1.82) is 0 Å². The monoisotopic (exact) mass is 231 g/mol. The van der Waals surface area contributed by atoms with Crippen LogP contribution in [0.3, 0.4) is 0 Å². The fourth-order valence-corrected chi connectivity index (χ4v) is 2.00. The lowest BCUT2D eigenvalue weighted by Crippen LogP contribution is -2.21. The Hall–Kier alpha value is -1.84. The zero-order valence-corrected chi connectivity index (χ0v) is 10.0. The van der Waals surface area contributed by atoms with Gasteiger partial charge in [-0.1, -0.05) is 6.08 Å². The molecule has 0 bridgehead atoms. The maximum absolute atomic E-state index is 11.5. The molecule has 1 amide bonds. The van der Waals surface area contributed by atoms with E-state index in [1.165, 1.54) is 18.9 Å². The van der Waals surface area contributed by atoms with Gasteiger partial charge < -0.3 is 10.2 Å². The molecule has 1 aromatic rings. The predicted octanol–water partition coefficient (Wildman–Crippen LogP) is 2.20. The molecule has 2 rings (SSSR count). The number of amides is 1. The van der Waals surface area contributed by atoms with E-state index in [1.807, 2.05) is 19.1 Å². The molecule has 0 radical (unpaired) electrons. The van der Waals surface area contributed by atoms with Gasteiger partial charge in [0.25, 0.3) is 0 Å². The van der Waals surface area contributed by atoms with Gasteiger partial charge in [-0.15, -0.1) is 0 Å². The molecule has 1 aliphatic rings.